The predicted molar refractivity (Wildman–Crippen MR) is 118 cm³/mol. The molecule has 1 heterocycles. The van der Waals surface area contributed by atoms with Gasteiger partial charge in [0.2, 0.25) is 17.7 Å². The molecule has 3 N–H and O–H groups in total. The summed E-state index contributed by atoms with van der Waals surface area (Å²) in [7, 11) is 0. The molecular formula is C21H37N3O5S. The van der Waals surface area contributed by atoms with Crippen LogP contribution in [0.5, 0.6) is 0 Å². The zero-order valence-electron chi connectivity index (χ0n) is 19.2. The van der Waals surface area contributed by atoms with Crippen LogP contribution in [0.2, 0.25) is 0 Å². The van der Waals surface area contributed by atoms with Crippen LogP contribution in [-0.2, 0) is 23.9 Å². The molecule has 0 aromatic carbocycles. The lowest BCUT2D eigenvalue weighted by Crippen LogP contribution is -2.53. The third-order valence-electron chi connectivity index (χ3n) is 5.59. The van der Waals surface area contributed by atoms with Gasteiger partial charge in [0.25, 0.3) is 0 Å². The van der Waals surface area contributed by atoms with E-state index in [1.54, 1.807) is 20.8 Å². The van der Waals surface area contributed by atoms with Gasteiger partial charge in [0, 0.05) is 24.1 Å². The number of hydrogen-bond donors (Lipinski definition) is 3. The summed E-state index contributed by atoms with van der Waals surface area (Å²) in [6.07, 6.45) is 1.01. The molecule has 172 valence electrons. The SMILES string of the molecule is CC(OCCC(C)(C)N1C(=O)CC(S)C1=O)C(=O)NC(C)(C)CC(C)(C)C(N)C=O. The molecule has 0 saturated carbocycles. The minimum atomic E-state index is -0.726. The van der Waals surface area contributed by atoms with Gasteiger partial charge in [-0.1, -0.05) is 13.8 Å². The highest BCUT2D eigenvalue weighted by atomic mass is 32.1. The van der Waals surface area contributed by atoms with E-state index in [1.165, 1.54) is 4.90 Å². The summed E-state index contributed by atoms with van der Waals surface area (Å²) in [5, 5.41) is 2.35. The van der Waals surface area contributed by atoms with Crippen molar-refractivity contribution in [2.24, 2.45) is 11.1 Å². The second-order valence-corrected chi connectivity index (χ2v) is 10.7. The normalized spacial score (nSPS) is 20.3. The number of ether oxygens (including phenoxy) is 1. The molecule has 3 amide bonds. The van der Waals surface area contributed by atoms with E-state index in [0.29, 0.717) is 12.8 Å². The molecule has 0 bridgehead atoms. The zero-order valence-corrected chi connectivity index (χ0v) is 20.0. The van der Waals surface area contributed by atoms with Crippen LogP contribution < -0.4 is 11.1 Å². The first-order valence-corrected chi connectivity index (χ1v) is 10.8. The van der Waals surface area contributed by atoms with E-state index < -0.39 is 33.9 Å². The molecule has 9 heteroatoms. The van der Waals surface area contributed by atoms with Crippen molar-refractivity contribution < 1.29 is 23.9 Å². The standard InChI is InChI=1S/C21H37N3O5S/c1-13(17(27)23-20(4,5)12-19(2,3)15(22)11-25)29-9-8-21(6,7)24-16(26)10-14(30)18(24)28/h11,13-15,30H,8-10,12,22H2,1-7H3,(H,23,27). The van der Waals surface area contributed by atoms with Gasteiger partial charge in [-0.2, -0.15) is 12.6 Å². The molecule has 0 spiro atoms. The number of thiol groups is 1. The molecule has 0 radical (unpaired) electrons. The quantitative estimate of drug-likeness (QED) is 0.253. The fourth-order valence-electron chi connectivity index (χ4n) is 3.85. The number of aldehydes is 1. The molecule has 1 aliphatic heterocycles. The number of nitrogens with zero attached hydrogens (tertiary/aromatic N) is 1. The largest absolute Gasteiger partial charge is 0.369 e. The van der Waals surface area contributed by atoms with Crippen molar-refractivity contribution in [3.8, 4) is 0 Å². The molecule has 3 unspecified atom stereocenters. The van der Waals surface area contributed by atoms with Gasteiger partial charge in [-0.05, 0) is 52.9 Å². The Hall–Kier alpha value is -1.45. The average molecular weight is 444 g/mol. The number of carbonyl (C=O) groups is 4. The van der Waals surface area contributed by atoms with E-state index in [-0.39, 0.29) is 30.7 Å². The summed E-state index contributed by atoms with van der Waals surface area (Å²) in [6.45, 7) is 13.0. The fourth-order valence-corrected chi connectivity index (χ4v) is 4.12. The van der Waals surface area contributed by atoms with Crippen molar-refractivity contribution in [3.05, 3.63) is 0 Å². The number of nitrogens with two attached hydrogens (primary N) is 1. The van der Waals surface area contributed by atoms with E-state index in [4.69, 9.17) is 10.5 Å². The Kier molecular flexibility index (Phi) is 8.67. The number of carbonyl (C=O) groups excluding carboxylic acids is 4. The van der Waals surface area contributed by atoms with Gasteiger partial charge in [0.05, 0.1) is 11.3 Å². The summed E-state index contributed by atoms with van der Waals surface area (Å²) in [4.78, 5) is 49.2. The van der Waals surface area contributed by atoms with Crippen LogP contribution >= 0.6 is 12.6 Å². The van der Waals surface area contributed by atoms with E-state index >= 15 is 0 Å². The number of rotatable bonds is 11. The number of amides is 3. The van der Waals surface area contributed by atoms with Gasteiger partial charge in [-0.25, -0.2) is 0 Å². The van der Waals surface area contributed by atoms with Crippen molar-refractivity contribution in [1.29, 1.82) is 0 Å². The van der Waals surface area contributed by atoms with Crippen LogP contribution in [0.3, 0.4) is 0 Å². The Morgan fingerprint density at radius 2 is 1.87 bits per heavy atom. The molecule has 1 fully saturated rings. The van der Waals surface area contributed by atoms with Crippen molar-refractivity contribution in [1.82, 2.24) is 10.2 Å². The lowest BCUT2D eigenvalue weighted by molar-refractivity contribution is -0.146. The Labute approximate surface area is 185 Å². The van der Waals surface area contributed by atoms with Crippen LogP contribution in [-0.4, -0.2) is 64.0 Å². The third kappa shape index (κ3) is 6.78. The van der Waals surface area contributed by atoms with Gasteiger partial charge in [0.15, 0.2) is 0 Å². The Morgan fingerprint density at radius 3 is 2.33 bits per heavy atom. The third-order valence-corrected chi connectivity index (χ3v) is 5.99. The molecule has 1 saturated heterocycles. The lowest BCUT2D eigenvalue weighted by Gasteiger charge is -2.38. The fraction of sp³-hybridized carbons (Fsp3) is 0.810. The van der Waals surface area contributed by atoms with Crippen molar-refractivity contribution in [2.75, 3.05) is 6.61 Å². The minimum Gasteiger partial charge on any atom is -0.369 e. The lowest BCUT2D eigenvalue weighted by atomic mass is 9.75. The maximum atomic E-state index is 12.6. The maximum absolute atomic E-state index is 12.6. The van der Waals surface area contributed by atoms with Gasteiger partial charge < -0.3 is 20.6 Å². The van der Waals surface area contributed by atoms with E-state index in [0.717, 1.165) is 6.29 Å². The summed E-state index contributed by atoms with van der Waals surface area (Å²) in [6, 6.07) is -0.627. The molecule has 1 rings (SSSR count). The molecule has 0 aromatic rings. The van der Waals surface area contributed by atoms with Crippen LogP contribution in [0.25, 0.3) is 0 Å². The Balaban J connectivity index is 2.59. The van der Waals surface area contributed by atoms with E-state index in [1.807, 2.05) is 27.7 Å². The first-order chi connectivity index (χ1) is 13.5. The minimum absolute atomic E-state index is 0.101. The smallest absolute Gasteiger partial charge is 0.249 e. The second-order valence-electron chi connectivity index (χ2n) is 10.1. The number of hydrogen-bond acceptors (Lipinski definition) is 7. The van der Waals surface area contributed by atoms with Gasteiger partial charge in [-0.15, -0.1) is 0 Å². The molecule has 0 aliphatic carbocycles. The Morgan fingerprint density at radius 1 is 1.30 bits per heavy atom. The number of imide groups is 1. The maximum Gasteiger partial charge on any atom is 0.249 e. The molecule has 3 atom stereocenters. The number of likely N-dealkylation sites (tertiary alicyclic amines) is 1. The molecule has 1 aliphatic rings. The number of nitrogens with one attached hydrogen (secondary N) is 1. The monoisotopic (exact) mass is 443 g/mol. The highest BCUT2D eigenvalue weighted by Crippen LogP contribution is 2.30. The summed E-state index contributed by atoms with van der Waals surface area (Å²) >= 11 is 4.15. The van der Waals surface area contributed by atoms with Crippen LogP contribution in [0, 0.1) is 5.41 Å². The van der Waals surface area contributed by atoms with E-state index in [2.05, 4.69) is 17.9 Å². The summed E-state index contributed by atoms with van der Waals surface area (Å²) in [5.74, 6) is -0.817. The highest BCUT2D eigenvalue weighted by Gasteiger charge is 2.44. The molecular weight excluding hydrogens is 406 g/mol. The summed E-state index contributed by atoms with van der Waals surface area (Å²) in [5.41, 5.74) is 4.08. The van der Waals surface area contributed by atoms with E-state index in [9.17, 15) is 19.2 Å². The van der Waals surface area contributed by atoms with Gasteiger partial charge >= 0.3 is 0 Å². The van der Waals surface area contributed by atoms with Crippen molar-refractivity contribution in [2.45, 2.75) is 96.2 Å². The van der Waals surface area contributed by atoms with Gasteiger partial charge in [-0.3, -0.25) is 19.3 Å². The zero-order chi connectivity index (χ0) is 23.5. The first-order valence-electron chi connectivity index (χ1n) is 10.2. The van der Waals surface area contributed by atoms with Gasteiger partial charge in [0.1, 0.15) is 12.4 Å². The van der Waals surface area contributed by atoms with Crippen LogP contribution in [0.1, 0.15) is 67.7 Å². The van der Waals surface area contributed by atoms with Crippen LogP contribution in [0.4, 0.5) is 0 Å². The van der Waals surface area contributed by atoms with Crippen molar-refractivity contribution >= 4 is 36.6 Å². The van der Waals surface area contributed by atoms with Crippen molar-refractivity contribution in [3.63, 3.8) is 0 Å². The van der Waals surface area contributed by atoms with Crippen LogP contribution in [0.15, 0.2) is 0 Å². The summed E-state index contributed by atoms with van der Waals surface area (Å²) < 4.78 is 5.68. The Bertz CT molecular complexity index is 678. The second kappa shape index (κ2) is 9.78. The molecule has 30 heavy (non-hydrogen) atoms. The predicted octanol–water partition coefficient (Wildman–Crippen LogP) is 1.45. The average Bonchev–Trinajstić information content (AvgIpc) is 2.84. The first kappa shape index (κ1) is 26.6. The topological polar surface area (TPSA) is 119 Å². The molecule has 8 nitrogen and oxygen atoms in total. The molecule has 0 aromatic heterocycles. The highest BCUT2D eigenvalue weighted by molar-refractivity contribution is 7.81.